The monoisotopic (exact) mass is 388 g/mol. The number of carbonyl (C=O) groups excluding carboxylic acids is 3. The molecule has 28 heavy (non-hydrogen) atoms. The molecule has 1 unspecified atom stereocenters. The normalized spacial score (nSPS) is 17.0. The molecule has 1 atom stereocenters. The van der Waals surface area contributed by atoms with Gasteiger partial charge in [-0.05, 0) is 37.6 Å². The van der Waals surface area contributed by atoms with Gasteiger partial charge in [0.1, 0.15) is 12.6 Å². The highest BCUT2D eigenvalue weighted by atomic mass is 16.5. The zero-order chi connectivity index (χ0) is 20.3. The first-order valence-corrected chi connectivity index (χ1v) is 9.26. The van der Waals surface area contributed by atoms with Crippen molar-refractivity contribution < 1.29 is 19.1 Å². The Morgan fingerprint density at radius 1 is 1.29 bits per heavy atom. The predicted molar refractivity (Wildman–Crippen MR) is 102 cm³/mol. The number of imide groups is 1. The summed E-state index contributed by atoms with van der Waals surface area (Å²) in [4.78, 5) is 48.1. The van der Waals surface area contributed by atoms with E-state index in [-0.39, 0.29) is 30.4 Å². The minimum absolute atomic E-state index is 0.201. The number of hydrogen-bond acceptors (Lipinski definition) is 6. The number of aromatic nitrogens is 2. The SMILES string of the molecule is CNCCOC(=O)CCc1ccc2c(c1)n(C)c(=O)n2C1CCC(=O)NC1=O. The third kappa shape index (κ3) is 3.99. The van der Waals surface area contributed by atoms with E-state index >= 15 is 0 Å². The van der Waals surface area contributed by atoms with Gasteiger partial charge in [0.25, 0.3) is 0 Å². The first-order valence-electron chi connectivity index (χ1n) is 9.26. The highest BCUT2D eigenvalue weighted by Gasteiger charge is 2.31. The number of ether oxygens (including phenoxy) is 1. The lowest BCUT2D eigenvalue weighted by atomic mass is 10.1. The standard InChI is InChI=1S/C19H24N4O5/c1-20-9-10-28-17(25)8-4-12-3-5-13-15(11-12)22(2)19(27)23(13)14-6-7-16(24)21-18(14)26/h3,5,11,14,20H,4,6-10H2,1-2H3,(H,21,24,26). The molecule has 3 rings (SSSR count). The Labute approximate surface area is 161 Å². The summed E-state index contributed by atoms with van der Waals surface area (Å²) in [5.74, 6) is -1.05. The minimum Gasteiger partial charge on any atom is -0.464 e. The Hall–Kier alpha value is -2.94. The number of likely N-dealkylation sites (N-methyl/N-ethyl adjacent to an activating group) is 1. The number of esters is 1. The molecule has 1 aromatic carbocycles. The molecule has 150 valence electrons. The number of carbonyl (C=O) groups is 3. The first kappa shape index (κ1) is 19.8. The fourth-order valence-electron chi connectivity index (χ4n) is 3.38. The highest BCUT2D eigenvalue weighted by Crippen LogP contribution is 2.24. The maximum absolute atomic E-state index is 12.7. The number of fused-ring (bicyclic) bond motifs is 1. The summed E-state index contributed by atoms with van der Waals surface area (Å²) in [6, 6.07) is 4.76. The van der Waals surface area contributed by atoms with Crippen molar-refractivity contribution >= 4 is 28.8 Å². The summed E-state index contributed by atoms with van der Waals surface area (Å²) in [6.45, 7) is 0.936. The van der Waals surface area contributed by atoms with Crippen LogP contribution >= 0.6 is 0 Å². The maximum Gasteiger partial charge on any atom is 0.329 e. The van der Waals surface area contributed by atoms with E-state index in [9.17, 15) is 19.2 Å². The van der Waals surface area contributed by atoms with E-state index in [0.29, 0.717) is 37.0 Å². The van der Waals surface area contributed by atoms with E-state index in [1.807, 2.05) is 12.1 Å². The molecule has 0 aliphatic carbocycles. The van der Waals surface area contributed by atoms with Crippen LogP contribution in [0.15, 0.2) is 23.0 Å². The molecule has 0 radical (unpaired) electrons. The minimum atomic E-state index is -0.707. The molecule has 2 heterocycles. The van der Waals surface area contributed by atoms with Crippen molar-refractivity contribution in [1.82, 2.24) is 19.8 Å². The number of hydrogen-bond donors (Lipinski definition) is 2. The van der Waals surface area contributed by atoms with Gasteiger partial charge in [-0.15, -0.1) is 0 Å². The number of rotatable bonds is 7. The van der Waals surface area contributed by atoms with E-state index < -0.39 is 11.9 Å². The number of nitrogens with one attached hydrogen (secondary N) is 2. The Morgan fingerprint density at radius 2 is 2.07 bits per heavy atom. The first-order chi connectivity index (χ1) is 13.4. The second kappa shape index (κ2) is 8.39. The molecular formula is C19H24N4O5. The quantitative estimate of drug-likeness (QED) is 0.393. The van der Waals surface area contributed by atoms with Gasteiger partial charge in [-0.25, -0.2) is 4.79 Å². The number of piperidine rings is 1. The lowest BCUT2D eigenvalue weighted by Crippen LogP contribution is -2.44. The molecule has 1 saturated heterocycles. The molecule has 0 saturated carbocycles. The van der Waals surface area contributed by atoms with Gasteiger partial charge >= 0.3 is 11.7 Å². The second-order valence-electron chi connectivity index (χ2n) is 6.83. The summed E-state index contributed by atoms with van der Waals surface area (Å²) in [7, 11) is 3.43. The van der Waals surface area contributed by atoms with Crippen LogP contribution in [0.25, 0.3) is 11.0 Å². The molecule has 0 bridgehead atoms. The summed E-state index contributed by atoms with van der Waals surface area (Å²) in [5.41, 5.74) is 1.89. The largest absolute Gasteiger partial charge is 0.464 e. The molecular weight excluding hydrogens is 364 g/mol. The van der Waals surface area contributed by atoms with Crippen LogP contribution in [0.3, 0.4) is 0 Å². The van der Waals surface area contributed by atoms with Gasteiger partial charge in [-0.2, -0.15) is 0 Å². The smallest absolute Gasteiger partial charge is 0.329 e. The average molecular weight is 388 g/mol. The van der Waals surface area contributed by atoms with Crippen LogP contribution in [-0.4, -0.2) is 47.1 Å². The molecule has 2 aromatic rings. The van der Waals surface area contributed by atoms with Crippen molar-refractivity contribution in [2.75, 3.05) is 20.2 Å². The number of imidazole rings is 1. The third-order valence-electron chi connectivity index (χ3n) is 4.91. The average Bonchev–Trinajstić information content (AvgIpc) is 2.91. The van der Waals surface area contributed by atoms with Crippen molar-refractivity contribution in [3.8, 4) is 0 Å². The molecule has 1 aromatic heterocycles. The number of amides is 2. The van der Waals surface area contributed by atoms with Crippen molar-refractivity contribution in [2.24, 2.45) is 7.05 Å². The maximum atomic E-state index is 12.7. The van der Waals surface area contributed by atoms with E-state index in [0.717, 1.165) is 5.56 Å². The van der Waals surface area contributed by atoms with E-state index in [1.54, 1.807) is 20.2 Å². The van der Waals surface area contributed by atoms with Gasteiger partial charge in [0, 0.05) is 26.4 Å². The zero-order valence-corrected chi connectivity index (χ0v) is 16.0. The van der Waals surface area contributed by atoms with E-state index in [1.165, 1.54) is 9.13 Å². The van der Waals surface area contributed by atoms with Crippen molar-refractivity contribution in [3.63, 3.8) is 0 Å². The molecule has 2 amide bonds. The van der Waals surface area contributed by atoms with Gasteiger partial charge in [-0.1, -0.05) is 6.07 Å². The Balaban J connectivity index is 1.81. The second-order valence-corrected chi connectivity index (χ2v) is 6.83. The molecule has 2 N–H and O–H groups in total. The highest BCUT2D eigenvalue weighted by molar-refractivity contribution is 6.00. The topological polar surface area (TPSA) is 111 Å². The van der Waals surface area contributed by atoms with Gasteiger partial charge in [0.2, 0.25) is 11.8 Å². The number of nitrogens with zero attached hydrogens (tertiary/aromatic N) is 2. The molecule has 1 fully saturated rings. The van der Waals surface area contributed by atoms with Crippen LogP contribution in [-0.2, 0) is 32.6 Å². The van der Waals surface area contributed by atoms with Crippen LogP contribution in [0.5, 0.6) is 0 Å². The number of aryl methyl sites for hydroxylation is 2. The summed E-state index contributed by atoms with van der Waals surface area (Å²) in [6.07, 6.45) is 1.24. The predicted octanol–water partition coefficient (Wildman–Crippen LogP) is 0.0129. The number of benzene rings is 1. The van der Waals surface area contributed by atoms with Crippen molar-refractivity contribution in [3.05, 3.63) is 34.2 Å². The lowest BCUT2D eigenvalue weighted by molar-refractivity contribution is -0.143. The molecule has 1 aliphatic heterocycles. The van der Waals surface area contributed by atoms with E-state index in [2.05, 4.69) is 10.6 Å². The van der Waals surface area contributed by atoms with Gasteiger partial charge in [-0.3, -0.25) is 28.8 Å². The van der Waals surface area contributed by atoms with Gasteiger partial charge in [0.05, 0.1) is 11.0 Å². The molecule has 1 aliphatic rings. The van der Waals surface area contributed by atoms with Crippen molar-refractivity contribution in [2.45, 2.75) is 31.7 Å². The van der Waals surface area contributed by atoms with E-state index in [4.69, 9.17) is 4.74 Å². The van der Waals surface area contributed by atoms with Crippen LogP contribution in [0.4, 0.5) is 0 Å². The van der Waals surface area contributed by atoms with Gasteiger partial charge < -0.3 is 10.1 Å². The van der Waals surface area contributed by atoms with Crippen LogP contribution < -0.4 is 16.3 Å². The fourth-order valence-corrected chi connectivity index (χ4v) is 3.38. The Morgan fingerprint density at radius 3 is 2.79 bits per heavy atom. The van der Waals surface area contributed by atoms with Crippen molar-refractivity contribution in [1.29, 1.82) is 0 Å². The molecule has 0 spiro atoms. The van der Waals surface area contributed by atoms with Gasteiger partial charge in [0.15, 0.2) is 0 Å². The summed E-state index contributed by atoms with van der Waals surface area (Å²) >= 11 is 0. The zero-order valence-electron chi connectivity index (χ0n) is 16.0. The lowest BCUT2D eigenvalue weighted by Gasteiger charge is -2.21. The summed E-state index contributed by atoms with van der Waals surface area (Å²) < 4.78 is 8.02. The summed E-state index contributed by atoms with van der Waals surface area (Å²) in [5, 5.41) is 5.20. The molecule has 9 heteroatoms. The third-order valence-corrected chi connectivity index (χ3v) is 4.91. The fraction of sp³-hybridized carbons (Fsp3) is 0.474. The van der Waals surface area contributed by atoms with Crippen LogP contribution in [0, 0.1) is 0 Å². The Kier molecular flexibility index (Phi) is 5.93. The van der Waals surface area contributed by atoms with Crippen LogP contribution in [0.2, 0.25) is 0 Å². The Bertz CT molecular complexity index is 975. The van der Waals surface area contributed by atoms with Crippen LogP contribution in [0.1, 0.15) is 30.9 Å². The molecule has 9 nitrogen and oxygen atoms in total.